The molecule has 1 fully saturated rings. The van der Waals surface area contributed by atoms with E-state index in [4.69, 9.17) is 4.43 Å². The van der Waals surface area contributed by atoms with Crippen LogP contribution in [0, 0.1) is 0 Å². The third kappa shape index (κ3) is 3.21. The lowest BCUT2D eigenvalue weighted by Crippen LogP contribution is -2.47. The van der Waals surface area contributed by atoms with Crippen LogP contribution < -0.4 is 0 Å². The molecule has 1 aliphatic rings. The second-order valence-electron chi connectivity index (χ2n) is 4.58. The second kappa shape index (κ2) is 5.34. The molecule has 5 heteroatoms. The Morgan fingerprint density at radius 2 is 1.87 bits per heavy atom. The van der Waals surface area contributed by atoms with Crippen molar-refractivity contribution in [2.75, 3.05) is 6.61 Å². The van der Waals surface area contributed by atoms with Gasteiger partial charge in [-0.1, -0.05) is 20.3 Å². The van der Waals surface area contributed by atoms with E-state index in [1.165, 1.54) is 0 Å². The molecule has 0 aliphatic carbocycles. The summed E-state index contributed by atoms with van der Waals surface area (Å²) in [5.41, 5.74) is 0.217. The van der Waals surface area contributed by atoms with Crippen molar-refractivity contribution < 1.29 is 17.6 Å². The van der Waals surface area contributed by atoms with Crippen molar-refractivity contribution >= 4 is 8.32 Å². The van der Waals surface area contributed by atoms with Crippen LogP contribution >= 0.6 is 0 Å². The molecule has 2 atom stereocenters. The normalized spacial score (nSPS) is 29.8. The summed E-state index contributed by atoms with van der Waals surface area (Å²) in [5, 5.41) is 0. The predicted octanol–water partition coefficient (Wildman–Crippen LogP) is 3.76. The zero-order valence-electron chi connectivity index (χ0n) is 9.31. The zero-order valence-corrected chi connectivity index (χ0v) is 10.3. The van der Waals surface area contributed by atoms with E-state index < -0.39 is 20.9 Å². The van der Waals surface area contributed by atoms with E-state index in [0.29, 0.717) is 6.61 Å². The highest BCUT2D eigenvalue weighted by Gasteiger charge is 2.44. The van der Waals surface area contributed by atoms with Gasteiger partial charge in [0.2, 0.25) is 0 Å². The summed E-state index contributed by atoms with van der Waals surface area (Å²) in [5.74, 6) is 0. The van der Waals surface area contributed by atoms with Gasteiger partial charge in [-0.05, 0) is 18.0 Å². The Bertz CT molecular complexity index is 193. The fourth-order valence-electron chi connectivity index (χ4n) is 2.15. The summed E-state index contributed by atoms with van der Waals surface area (Å²) in [6.45, 7) is 4.56. The second-order valence-corrected chi connectivity index (χ2v) is 9.06. The number of hydrogen-bond donors (Lipinski definition) is 0. The molecule has 1 saturated heterocycles. The third-order valence-corrected chi connectivity index (χ3v) is 8.41. The molecular weight excluding hydrogens is 221 g/mol. The standard InChI is InChI=1S/C10H19F3OSi/c1-8(2)15(6-4-3-5-14-15)7-9(11)10(12)13/h8-10H,3-7H2,1-2H3. The van der Waals surface area contributed by atoms with Crippen LogP contribution in [0.2, 0.25) is 17.6 Å². The number of alkyl halides is 3. The molecule has 0 spiro atoms. The zero-order chi connectivity index (χ0) is 11.5. The molecule has 2 unspecified atom stereocenters. The van der Waals surface area contributed by atoms with Gasteiger partial charge in [0.1, 0.15) is 0 Å². The van der Waals surface area contributed by atoms with Gasteiger partial charge in [-0.2, -0.15) is 0 Å². The Morgan fingerprint density at radius 3 is 2.27 bits per heavy atom. The monoisotopic (exact) mass is 240 g/mol. The van der Waals surface area contributed by atoms with Crippen LogP contribution in [-0.4, -0.2) is 27.5 Å². The van der Waals surface area contributed by atoms with Gasteiger partial charge < -0.3 is 4.43 Å². The first-order valence-electron chi connectivity index (χ1n) is 5.54. The van der Waals surface area contributed by atoms with Gasteiger partial charge in [0.25, 0.3) is 6.43 Å². The molecule has 15 heavy (non-hydrogen) atoms. The topological polar surface area (TPSA) is 9.23 Å². The Balaban J connectivity index is 2.64. The summed E-state index contributed by atoms with van der Waals surface area (Å²) in [6.07, 6.45) is -2.89. The van der Waals surface area contributed by atoms with Crippen LogP contribution in [0.25, 0.3) is 0 Å². The van der Waals surface area contributed by atoms with Crippen LogP contribution in [0.15, 0.2) is 0 Å². The molecule has 1 rings (SSSR count). The highest BCUT2D eigenvalue weighted by atomic mass is 28.4. The van der Waals surface area contributed by atoms with E-state index in [-0.39, 0.29) is 11.6 Å². The average Bonchev–Trinajstić information content (AvgIpc) is 2.18. The van der Waals surface area contributed by atoms with Crippen molar-refractivity contribution in [2.45, 2.75) is 56.9 Å². The van der Waals surface area contributed by atoms with Crippen LogP contribution in [0.3, 0.4) is 0 Å². The summed E-state index contributed by atoms with van der Waals surface area (Å²) >= 11 is 0. The van der Waals surface area contributed by atoms with E-state index in [1.54, 1.807) is 0 Å². The van der Waals surface area contributed by atoms with Crippen molar-refractivity contribution in [3.63, 3.8) is 0 Å². The van der Waals surface area contributed by atoms with Crippen LogP contribution in [0.4, 0.5) is 13.2 Å². The molecule has 0 N–H and O–H groups in total. The van der Waals surface area contributed by atoms with E-state index >= 15 is 0 Å². The predicted molar refractivity (Wildman–Crippen MR) is 56.6 cm³/mol. The molecule has 1 aliphatic heterocycles. The van der Waals surface area contributed by atoms with Crippen LogP contribution in [0.1, 0.15) is 26.7 Å². The minimum absolute atomic E-state index is 0.0394. The summed E-state index contributed by atoms with van der Waals surface area (Å²) < 4.78 is 43.3. The first kappa shape index (κ1) is 13.0. The molecule has 90 valence electrons. The molecule has 0 aromatic carbocycles. The molecule has 0 saturated carbocycles. The Hall–Kier alpha value is -0.0331. The molecule has 0 aromatic rings. The Labute approximate surface area is 90.1 Å². The van der Waals surface area contributed by atoms with E-state index in [1.807, 2.05) is 13.8 Å². The first-order valence-corrected chi connectivity index (χ1v) is 7.94. The van der Waals surface area contributed by atoms with Crippen molar-refractivity contribution in [1.29, 1.82) is 0 Å². The lowest BCUT2D eigenvalue weighted by molar-refractivity contribution is 0.0558. The van der Waals surface area contributed by atoms with Gasteiger partial charge in [-0.15, -0.1) is 0 Å². The number of hydrogen-bond acceptors (Lipinski definition) is 1. The maximum atomic E-state index is 13.1. The largest absolute Gasteiger partial charge is 0.416 e. The first-order chi connectivity index (χ1) is 6.98. The Kier molecular flexibility index (Phi) is 4.64. The van der Waals surface area contributed by atoms with E-state index in [2.05, 4.69) is 0 Å². The minimum Gasteiger partial charge on any atom is -0.416 e. The van der Waals surface area contributed by atoms with E-state index in [9.17, 15) is 13.2 Å². The fraction of sp³-hybridized carbons (Fsp3) is 1.00. The maximum Gasteiger partial charge on any atom is 0.269 e. The lowest BCUT2D eigenvalue weighted by Gasteiger charge is -2.39. The molecule has 1 heterocycles. The van der Waals surface area contributed by atoms with Crippen molar-refractivity contribution in [2.24, 2.45) is 0 Å². The van der Waals surface area contributed by atoms with Crippen molar-refractivity contribution in [1.82, 2.24) is 0 Å². The van der Waals surface area contributed by atoms with Crippen LogP contribution in [-0.2, 0) is 4.43 Å². The summed E-state index contributed by atoms with van der Waals surface area (Å²) in [6, 6.07) is 0.792. The van der Waals surface area contributed by atoms with E-state index in [0.717, 1.165) is 18.9 Å². The van der Waals surface area contributed by atoms with Crippen molar-refractivity contribution in [3.05, 3.63) is 0 Å². The summed E-state index contributed by atoms with van der Waals surface area (Å²) in [4.78, 5) is 0. The molecule has 0 bridgehead atoms. The highest BCUT2D eigenvalue weighted by molar-refractivity contribution is 6.75. The smallest absolute Gasteiger partial charge is 0.269 e. The fourth-order valence-corrected chi connectivity index (χ4v) is 6.23. The molecule has 0 amide bonds. The number of rotatable bonds is 4. The number of halogens is 3. The van der Waals surface area contributed by atoms with Gasteiger partial charge in [0.05, 0.1) is 0 Å². The molecule has 0 aromatic heterocycles. The maximum absolute atomic E-state index is 13.1. The quantitative estimate of drug-likeness (QED) is 0.680. The van der Waals surface area contributed by atoms with Crippen LogP contribution in [0.5, 0.6) is 0 Å². The Morgan fingerprint density at radius 1 is 1.20 bits per heavy atom. The third-order valence-electron chi connectivity index (χ3n) is 3.25. The molecule has 0 radical (unpaired) electrons. The summed E-state index contributed by atoms with van der Waals surface area (Å²) in [7, 11) is -2.24. The van der Waals surface area contributed by atoms with Gasteiger partial charge in [-0.3, -0.25) is 0 Å². The minimum atomic E-state index is -2.86. The molecular formula is C10H19F3OSi. The average molecular weight is 240 g/mol. The highest BCUT2D eigenvalue weighted by Crippen LogP contribution is 2.37. The van der Waals surface area contributed by atoms with Gasteiger partial charge in [-0.25, -0.2) is 13.2 Å². The van der Waals surface area contributed by atoms with Gasteiger partial charge in [0.15, 0.2) is 14.5 Å². The lowest BCUT2D eigenvalue weighted by atomic mass is 10.4. The van der Waals surface area contributed by atoms with Gasteiger partial charge in [0, 0.05) is 12.7 Å². The molecule has 1 nitrogen and oxygen atoms in total. The van der Waals surface area contributed by atoms with Gasteiger partial charge >= 0.3 is 0 Å². The van der Waals surface area contributed by atoms with Crippen molar-refractivity contribution in [3.8, 4) is 0 Å². The SMILES string of the molecule is CC(C)[Si]1(CC(F)C(F)F)CCCCO1.